The molecule has 1 N–H and O–H groups in total. The van der Waals surface area contributed by atoms with Gasteiger partial charge in [-0.15, -0.1) is 28.5 Å². The highest BCUT2D eigenvalue weighted by molar-refractivity contribution is 7.99. The highest BCUT2D eigenvalue weighted by atomic mass is 35.5. The summed E-state index contributed by atoms with van der Waals surface area (Å²) in [6, 6.07) is 15.6. The number of carbonyl (C=O) groups is 1. The molecule has 0 bridgehead atoms. The van der Waals surface area contributed by atoms with Gasteiger partial charge in [0.15, 0.2) is 5.16 Å². The third-order valence-corrected chi connectivity index (χ3v) is 6.71. The lowest BCUT2D eigenvalue weighted by Crippen LogP contribution is -2.15. The number of hydrogen-bond donors (Lipinski definition) is 1. The van der Waals surface area contributed by atoms with Crippen LogP contribution in [0.3, 0.4) is 0 Å². The van der Waals surface area contributed by atoms with Crippen LogP contribution in [0.1, 0.15) is 18.3 Å². The first-order valence-corrected chi connectivity index (χ1v) is 11.9. The van der Waals surface area contributed by atoms with Gasteiger partial charge in [0.25, 0.3) is 0 Å². The molecule has 8 heteroatoms. The van der Waals surface area contributed by atoms with Crippen molar-refractivity contribution in [3.63, 3.8) is 0 Å². The van der Waals surface area contributed by atoms with Crippen LogP contribution in [0.4, 0.5) is 5.69 Å². The molecule has 2 aromatic carbocycles. The number of nitrogens with one attached hydrogen (secondary N) is 1. The number of aromatic nitrogens is 3. The number of hydrogen-bond acceptors (Lipinski definition) is 5. The molecule has 0 aliphatic carbocycles. The number of benzene rings is 2. The number of nitrogens with zero attached hydrogens (tertiary/aromatic N) is 3. The van der Waals surface area contributed by atoms with Gasteiger partial charge in [0.2, 0.25) is 5.91 Å². The van der Waals surface area contributed by atoms with Gasteiger partial charge >= 0.3 is 0 Å². The molecule has 0 radical (unpaired) electrons. The van der Waals surface area contributed by atoms with Crippen molar-refractivity contribution in [2.75, 3.05) is 11.1 Å². The van der Waals surface area contributed by atoms with Gasteiger partial charge in [-0.05, 0) is 23.8 Å². The Morgan fingerprint density at radius 2 is 1.93 bits per heavy atom. The third kappa shape index (κ3) is 5.90. The molecule has 0 unspecified atom stereocenters. The van der Waals surface area contributed by atoms with Gasteiger partial charge in [0.05, 0.1) is 11.4 Å². The number of para-hydroxylation sites is 1. The molecule has 3 rings (SSSR count). The van der Waals surface area contributed by atoms with E-state index < -0.39 is 0 Å². The van der Waals surface area contributed by atoms with Gasteiger partial charge in [-0.3, -0.25) is 4.79 Å². The molecule has 0 saturated carbocycles. The van der Waals surface area contributed by atoms with Crippen molar-refractivity contribution in [3.05, 3.63) is 77.6 Å². The summed E-state index contributed by atoms with van der Waals surface area (Å²) in [5, 5.41) is 12.9. The van der Waals surface area contributed by atoms with Crippen LogP contribution in [0.25, 0.3) is 0 Å². The lowest BCUT2D eigenvalue weighted by Gasteiger charge is -2.11. The summed E-state index contributed by atoms with van der Waals surface area (Å²) in [5.74, 6) is 1.78. The smallest absolute Gasteiger partial charge is 0.234 e. The molecule has 30 heavy (non-hydrogen) atoms. The highest BCUT2D eigenvalue weighted by Crippen LogP contribution is 2.32. The van der Waals surface area contributed by atoms with E-state index in [0.717, 1.165) is 44.3 Å². The second-order valence-corrected chi connectivity index (χ2v) is 8.73. The van der Waals surface area contributed by atoms with Crippen LogP contribution in [-0.2, 0) is 23.5 Å². The SMILES string of the molecule is C=CCn1c(CC)nnc1SCC(=O)Nc1ccccc1SCc1ccccc1Cl. The summed E-state index contributed by atoms with van der Waals surface area (Å²) >= 11 is 9.27. The van der Waals surface area contributed by atoms with Crippen LogP contribution < -0.4 is 5.32 Å². The fourth-order valence-corrected chi connectivity index (χ4v) is 4.84. The molecule has 1 amide bonds. The third-order valence-electron chi connectivity index (χ3n) is 4.26. The van der Waals surface area contributed by atoms with E-state index in [0.29, 0.717) is 6.54 Å². The zero-order valence-electron chi connectivity index (χ0n) is 16.7. The minimum absolute atomic E-state index is 0.0861. The van der Waals surface area contributed by atoms with Gasteiger partial charge in [-0.25, -0.2) is 0 Å². The van der Waals surface area contributed by atoms with Crippen molar-refractivity contribution >= 4 is 46.7 Å². The largest absolute Gasteiger partial charge is 0.324 e. The average molecular weight is 459 g/mol. The maximum atomic E-state index is 12.6. The predicted molar refractivity (Wildman–Crippen MR) is 126 cm³/mol. The maximum Gasteiger partial charge on any atom is 0.234 e. The minimum atomic E-state index is -0.0861. The summed E-state index contributed by atoms with van der Waals surface area (Å²) in [6.45, 7) is 6.44. The number of anilines is 1. The average Bonchev–Trinajstić information content (AvgIpc) is 3.14. The van der Waals surface area contributed by atoms with Crippen molar-refractivity contribution in [1.82, 2.24) is 14.8 Å². The number of carbonyl (C=O) groups excluding carboxylic acids is 1. The summed E-state index contributed by atoms with van der Waals surface area (Å²) in [5.41, 5.74) is 1.86. The molecule has 5 nitrogen and oxygen atoms in total. The number of halogens is 1. The first-order valence-electron chi connectivity index (χ1n) is 9.53. The van der Waals surface area contributed by atoms with Crippen LogP contribution in [0.2, 0.25) is 5.02 Å². The molecular formula is C22H23ClN4OS2. The Bertz CT molecular complexity index is 1020. The standard InChI is InChI=1S/C22H23ClN4OS2/c1-3-13-27-20(4-2)25-26-22(27)30-15-21(28)24-18-11-7-8-12-19(18)29-14-16-9-5-6-10-17(16)23/h3,5-12H,1,4,13-15H2,2H3,(H,24,28). The van der Waals surface area contributed by atoms with Crippen molar-refractivity contribution in [2.45, 2.75) is 35.7 Å². The Hall–Kier alpha value is -2.22. The Morgan fingerprint density at radius 1 is 1.17 bits per heavy atom. The second kappa shape index (κ2) is 11.2. The maximum absolute atomic E-state index is 12.6. The first-order chi connectivity index (χ1) is 14.6. The van der Waals surface area contributed by atoms with Crippen LogP contribution in [0, 0.1) is 0 Å². The van der Waals surface area contributed by atoms with E-state index in [9.17, 15) is 4.79 Å². The highest BCUT2D eigenvalue weighted by Gasteiger charge is 2.13. The van der Waals surface area contributed by atoms with E-state index in [1.54, 1.807) is 17.8 Å². The summed E-state index contributed by atoms with van der Waals surface area (Å²) in [4.78, 5) is 13.6. The minimum Gasteiger partial charge on any atom is -0.324 e. The molecule has 0 aliphatic heterocycles. The molecule has 0 spiro atoms. The molecule has 3 aromatic rings. The van der Waals surface area contributed by atoms with Gasteiger partial charge in [-0.1, -0.05) is 66.7 Å². The molecule has 0 aliphatic rings. The van der Waals surface area contributed by atoms with E-state index in [1.165, 1.54) is 11.8 Å². The molecular weight excluding hydrogens is 436 g/mol. The topological polar surface area (TPSA) is 59.8 Å². The molecule has 1 aromatic heterocycles. The molecule has 0 fully saturated rings. The Morgan fingerprint density at radius 3 is 2.70 bits per heavy atom. The predicted octanol–water partition coefficient (Wildman–Crippen LogP) is 5.70. The lowest BCUT2D eigenvalue weighted by molar-refractivity contribution is -0.113. The van der Waals surface area contributed by atoms with Gasteiger partial charge in [0.1, 0.15) is 5.82 Å². The summed E-state index contributed by atoms with van der Waals surface area (Å²) in [6.07, 6.45) is 2.59. The number of amides is 1. The summed E-state index contributed by atoms with van der Waals surface area (Å²) in [7, 11) is 0. The van der Waals surface area contributed by atoms with E-state index in [-0.39, 0.29) is 11.7 Å². The van der Waals surface area contributed by atoms with Crippen LogP contribution in [0.5, 0.6) is 0 Å². The fourth-order valence-electron chi connectivity index (χ4n) is 2.78. The quantitative estimate of drug-likeness (QED) is 0.312. The number of aryl methyl sites for hydroxylation is 1. The Labute approximate surface area is 190 Å². The van der Waals surface area contributed by atoms with E-state index in [2.05, 4.69) is 22.1 Å². The first kappa shape index (κ1) is 22.5. The van der Waals surface area contributed by atoms with E-state index >= 15 is 0 Å². The fraction of sp³-hybridized carbons (Fsp3) is 0.227. The zero-order valence-corrected chi connectivity index (χ0v) is 19.1. The monoisotopic (exact) mass is 458 g/mol. The normalized spacial score (nSPS) is 10.7. The molecule has 0 atom stereocenters. The molecule has 0 saturated heterocycles. The van der Waals surface area contributed by atoms with Gasteiger partial charge in [-0.2, -0.15) is 0 Å². The number of allylic oxidation sites excluding steroid dienone is 1. The Balaban J connectivity index is 1.61. The van der Waals surface area contributed by atoms with E-state index in [1.807, 2.05) is 60.0 Å². The number of rotatable bonds is 10. The van der Waals surface area contributed by atoms with Crippen molar-refractivity contribution in [1.29, 1.82) is 0 Å². The lowest BCUT2D eigenvalue weighted by atomic mass is 10.2. The Kier molecular flexibility index (Phi) is 8.42. The zero-order chi connectivity index (χ0) is 21.3. The van der Waals surface area contributed by atoms with Crippen LogP contribution in [-0.4, -0.2) is 26.4 Å². The van der Waals surface area contributed by atoms with Crippen LogP contribution in [0.15, 0.2) is 71.2 Å². The molecule has 156 valence electrons. The van der Waals surface area contributed by atoms with Gasteiger partial charge < -0.3 is 9.88 Å². The summed E-state index contributed by atoms with van der Waals surface area (Å²) < 4.78 is 1.98. The molecule has 1 heterocycles. The number of thioether (sulfide) groups is 2. The van der Waals surface area contributed by atoms with Gasteiger partial charge in [0, 0.05) is 28.6 Å². The van der Waals surface area contributed by atoms with Crippen molar-refractivity contribution in [3.8, 4) is 0 Å². The second-order valence-electron chi connectivity index (χ2n) is 6.36. The van der Waals surface area contributed by atoms with Crippen molar-refractivity contribution in [2.24, 2.45) is 0 Å². The van der Waals surface area contributed by atoms with Crippen molar-refractivity contribution < 1.29 is 4.79 Å². The van der Waals surface area contributed by atoms with Crippen LogP contribution >= 0.6 is 35.1 Å². The van der Waals surface area contributed by atoms with E-state index in [4.69, 9.17) is 11.6 Å².